The van der Waals surface area contributed by atoms with Gasteiger partial charge < -0.3 is 0 Å². The topological polar surface area (TPSA) is 51.4 Å². The standard InChI is InChI=1S/C19H13ClN2O2S3/c20-17-11-12-18(26-17)27(23,24)21-19-22(15-9-5-2-6-10-15)16(13-25-19)14-7-3-1-4-8-14/h1-13H. The molecule has 2 heterocycles. The Hall–Kier alpha value is -2.19. The van der Waals surface area contributed by atoms with Crippen molar-refractivity contribution in [3.63, 3.8) is 0 Å². The van der Waals surface area contributed by atoms with Crippen molar-refractivity contribution >= 4 is 44.3 Å². The molecular formula is C19H13ClN2O2S3. The van der Waals surface area contributed by atoms with Crippen LogP contribution < -0.4 is 4.80 Å². The van der Waals surface area contributed by atoms with Gasteiger partial charge in [-0.3, -0.25) is 4.57 Å². The van der Waals surface area contributed by atoms with E-state index in [2.05, 4.69) is 4.40 Å². The van der Waals surface area contributed by atoms with Crippen molar-refractivity contribution in [3.05, 3.63) is 87.3 Å². The molecule has 2 aromatic heterocycles. The molecule has 0 aliphatic heterocycles. The summed E-state index contributed by atoms with van der Waals surface area (Å²) in [5.74, 6) is 0. The van der Waals surface area contributed by atoms with E-state index < -0.39 is 10.0 Å². The largest absolute Gasteiger partial charge is 0.294 e. The Morgan fingerprint density at radius 1 is 0.889 bits per heavy atom. The first kappa shape index (κ1) is 18.2. The van der Waals surface area contributed by atoms with Crippen LogP contribution in [0.4, 0.5) is 0 Å². The summed E-state index contributed by atoms with van der Waals surface area (Å²) in [6.07, 6.45) is 0. The minimum Gasteiger partial charge on any atom is -0.284 e. The Kier molecular flexibility index (Phi) is 5.01. The van der Waals surface area contributed by atoms with Crippen LogP contribution in [0.15, 0.2) is 86.8 Å². The zero-order chi connectivity index (χ0) is 18.9. The summed E-state index contributed by atoms with van der Waals surface area (Å²) >= 11 is 8.17. The van der Waals surface area contributed by atoms with E-state index in [1.165, 1.54) is 17.4 Å². The van der Waals surface area contributed by atoms with Crippen molar-refractivity contribution in [2.75, 3.05) is 0 Å². The quantitative estimate of drug-likeness (QED) is 0.444. The summed E-state index contributed by atoms with van der Waals surface area (Å²) in [6.45, 7) is 0. The average molecular weight is 433 g/mol. The highest BCUT2D eigenvalue weighted by Gasteiger charge is 2.18. The van der Waals surface area contributed by atoms with Gasteiger partial charge in [0.05, 0.1) is 10.0 Å². The highest BCUT2D eigenvalue weighted by molar-refractivity contribution is 7.92. The van der Waals surface area contributed by atoms with Gasteiger partial charge in [-0.05, 0) is 29.8 Å². The van der Waals surface area contributed by atoms with Crippen LogP contribution in [0.1, 0.15) is 0 Å². The molecule has 0 amide bonds. The van der Waals surface area contributed by atoms with Crippen molar-refractivity contribution in [1.82, 2.24) is 4.57 Å². The SMILES string of the molecule is O=S(=O)(N=c1scc(-c2ccccc2)n1-c1ccccc1)c1ccc(Cl)s1. The fourth-order valence-electron chi connectivity index (χ4n) is 2.60. The maximum Gasteiger partial charge on any atom is 0.294 e. The minimum absolute atomic E-state index is 0.127. The van der Waals surface area contributed by atoms with Crippen LogP contribution >= 0.6 is 34.3 Å². The first-order valence-electron chi connectivity index (χ1n) is 7.92. The number of para-hydroxylation sites is 1. The molecule has 0 N–H and O–H groups in total. The molecule has 0 spiro atoms. The molecule has 4 nitrogen and oxygen atoms in total. The summed E-state index contributed by atoms with van der Waals surface area (Å²) in [6, 6.07) is 22.4. The van der Waals surface area contributed by atoms with E-state index in [1.54, 1.807) is 6.07 Å². The molecule has 0 unspecified atom stereocenters. The van der Waals surface area contributed by atoms with Crippen LogP contribution in [0.3, 0.4) is 0 Å². The van der Waals surface area contributed by atoms with Crippen molar-refractivity contribution in [2.24, 2.45) is 4.40 Å². The van der Waals surface area contributed by atoms with Gasteiger partial charge in [0, 0.05) is 11.1 Å². The maximum absolute atomic E-state index is 12.7. The van der Waals surface area contributed by atoms with Gasteiger partial charge in [-0.1, -0.05) is 60.1 Å². The summed E-state index contributed by atoms with van der Waals surface area (Å²) in [5.41, 5.74) is 2.70. The van der Waals surface area contributed by atoms with Gasteiger partial charge in [-0.2, -0.15) is 8.42 Å². The molecule has 0 atom stereocenters. The predicted molar refractivity (Wildman–Crippen MR) is 111 cm³/mol. The van der Waals surface area contributed by atoms with Gasteiger partial charge in [-0.15, -0.1) is 27.1 Å². The lowest BCUT2D eigenvalue weighted by Crippen LogP contribution is -2.16. The molecule has 0 saturated heterocycles. The predicted octanol–water partition coefficient (Wildman–Crippen LogP) is 5.21. The highest BCUT2D eigenvalue weighted by Crippen LogP contribution is 2.27. The fourth-order valence-corrected chi connectivity index (χ4v) is 6.16. The summed E-state index contributed by atoms with van der Waals surface area (Å²) in [5, 5.41) is 1.91. The molecule has 136 valence electrons. The maximum atomic E-state index is 12.7. The smallest absolute Gasteiger partial charge is 0.284 e. The third-order valence-corrected chi connectivity index (χ3v) is 7.70. The van der Waals surface area contributed by atoms with Gasteiger partial charge in [0.25, 0.3) is 10.0 Å². The number of aromatic nitrogens is 1. The Balaban J connectivity index is 1.96. The third kappa shape index (κ3) is 3.77. The lowest BCUT2D eigenvalue weighted by atomic mass is 10.1. The second-order valence-corrected chi connectivity index (χ2v) is 9.95. The molecule has 0 saturated carbocycles. The van der Waals surface area contributed by atoms with E-state index in [9.17, 15) is 8.42 Å². The van der Waals surface area contributed by atoms with Crippen LogP contribution in [-0.2, 0) is 10.0 Å². The van der Waals surface area contributed by atoms with Gasteiger partial charge in [0.2, 0.25) is 4.80 Å². The molecule has 27 heavy (non-hydrogen) atoms. The van der Waals surface area contributed by atoms with Gasteiger partial charge in [0.15, 0.2) is 0 Å². The molecule has 4 rings (SSSR count). The van der Waals surface area contributed by atoms with E-state index in [-0.39, 0.29) is 4.21 Å². The van der Waals surface area contributed by atoms with Crippen LogP contribution in [0.25, 0.3) is 16.9 Å². The molecule has 0 aliphatic rings. The lowest BCUT2D eigenvalue weighted by molar-refractivity contribution is 0.598. The number of hydrogen-bond donors (Lipinski definition) is 0. The van der Waals surface area contributed by atoms with E-state index in [4.69, 9.17) is 11.6 Å². The number of nitrogens with zero attached hydrogens (tertiary/aromatic N) is 2. The zero-order valence-electron chi connectivity index (χ0n) is 13.8. The first-order valence-corrected chi connectivity index (χ1v) is 11.4. The number of sulfonamides is 1. The van der Waals surface area contributed by atoms with Crippen molar-refractivity contribution in [1.29, 1.82) is 0 Å². The molecule has 0 radical (unpaired) electrons. The molecule has 8 heteroatoms. The third-order valence-electron chi connectivity index (χ3n) is 3.79. The number of rotatable bonds is 4. The normalized spacial score (nSPS) is 12.4. The highest BCUT2D eigenvalue weighted by atomic mass is 35.5. The van der Waals surface area contributed by atoms with Crippen LogP contribution in [0.5, 0.6) is 0 Å². The van der Waals surface area contributed by atoms with Crippen molar-refractivity contribution < 1.29 is 8.42 Å². The lowest BCUT2D eigenvalue weighted by Gasteiger charge is -2.09. The fraction of sp³-hybridized carbons (Fsp3) is 0. The Morgan fingerprint density at radius 2 is 1.56 bits per heavy atom. The Labute approximate surface area is 169 Å². The molecule has 0 fully saturated rings. The second-order valence-electron chi connectivity index (χ2n) is 5.57. The molecule has 2 aromatic carbocycles. The number of halogens is 1. The zero-order valence-corrected chi connectivity index (χ0v) is 17.0. The summed E-state index contributed by atoms with van der Waals surface area (Å²) < 4.78 is 31.9. The van der Waals surface area contributed by atoms with E-state index in [1.807, 2.05) is 70.6 Å². The van der Waals surface area contributed by atoms with Gasteiger partial charge in [0.1, 0.15) is 4.21 Å². The summed E-state index contributed by atoms with van der Waals surface area (Å²) in [7, 11) is -3.84. The Bertz CT molecular complexity index is 1240. The van der Waals surface area contributed by atoms with Crippen LogP contribution in [0.2, 0.25) is 4.34 Å². The van der Waals surface area contributed by atoms with Crippen LogP contribution in [-0.4, -0.2) is 13.0 Å². The molecule has 0 aliphatic carbocycles. The second kappa shape index (κ2) is 7.44. The number of thiazole rings is 1. The number of hydrogen-bond acceptors (Lipinski definition) is 4. The number of thiophene rings is 1. The van der Waals surface area contributed by atoms with E-state index >= 15 is 0 Å². The molecule has 0 bridgehead atoms. The summed E-state index contributed by atoms with van der Waals surface area (Å²) in [4.78, 5) is 0.379. The monoisotopic (exact) mass is 432 g/mol. The van der Waals surface area contributed by atoms with Gasteiger partial charge in [-0.25, -0.2) is 0 Å². The van der Waals surface area contributed by atoms with Gasteiger partial charge >= 0.3 is 0 Å². The molecular weight excluding hydrogens is 420 g/mol. The van der Waals surface area contributed by atoms with E-state index in [0.29, 0.717) is 9.14 Å². The Morgan fingerprint density at radius 3 is 2.19 bits per heavy atom. The number of benzene rings is 2. The van der Waals surface area contributed by atoms with Crippen LogP contribution in [0, 0.1) is 0 Å². The molecule has 4 aromatic rings. The minimum atomic E-state index is -3.84. The first-order chi connectivity index (χ1) is 13.0. The van der Waals surface area contributed by atoms with Crippen molar-refractivity contribution in [2.45, 2.75) is 4.21 Å². The average Bonchev–Trinajstić information content (AvgIpc) is 3.30. The van der Waals surface area contributed by atoms with Crippen molar-refractivity contribution in [3.8, 4) is 16.9 Å². The van der Waals surface area contributed by atoms with E-state index in [0.717, 1.165) is 28.3 Å².